The van der Waals surface area contributed by atoms with Gasteiger partial charge in [0.1, 0.15) is 17.8 Å². The number of hydrogen-bond donors (Lipinski definition) is 0. The molecule has 0 bridgehead atoms. The maximum Gasteiger partial charge on any atom is 0.293 e. The van der Waals surface area contributed by atoms with Gasteiger partial charge in [-0.05, 0) is 0 Å². The minimum Gasteiger partial charge on any atom is -0.378 e. The van der Waals surface area contributed by atoms with Crippen molar-refractivity contribution in [2.45, 2.75) is 31.1 Å². The molecule has 2 amide bonds. The summed E-state index contributed by atoms with van der Waals surface area (Å²) < 4.78 is 15.4. The van der Waals surface area contributed by atoms with Crippen molar-refractivity contribution in [1.29, 1.82) is 0 Å². The van der Waals surface area contributed by atoms with Crippen LogP contribution in [0.1, 0.15) is 29.3 Å². The van der Waals surface area contributed by atoms with Gasteiger partial charge < -0.3 is 23.8 Å². The van der Waals surface area contributed by atoms with Crippen LogP contribution < -0.4 is 0 Å². The largest absolute Gasteiger partial charge is 0.378 e. The Hall–Kier alpha value is -2.79. The third-order valence-electron chi connectivity index (χ3n) is 6.10. The van der Waals surface area contributed by atoms with Crippen molar-refractivity contribution >= 4 is 11.8 Å². The second-order valence-corrected chi connectivity index (χ2v) is 7.98. The smallest absolute Gasteiger partial charge is 0.293 e. The molecule has 5 heterocycles. The first-order chi connectivity index (χ1) is 14.6. The molecular formula is C19H25N7O4. The zero-order valence-electron chi connectivity index (χ0n) is 16.9. The van der Waals surface area contributed by atoms with Gasteiger partial charge in [0.15, 0.2) is 6.10 Å². The van der Waals surface area contributed by atoms with E-state index in [2.05, 4.69) is 15.1 Å². The molecule has 1 atom stereocenters. The van der Waals surface area contributed by atoms with Crippen molar-refractivity contribution in [1.82, 2.24) is 34.1 Å². The number of amides is 2. The third-order valence-corrected chi connectivity index (χ3v) is 6.10. The Bertz CT molecular complexity index is 940. The molecule has 5 rings (SSSR count). The fraction of sp³-hybridized carbons (Fsp3) is 0.632. The van der Waals surface area contributed by atoms with Crippen LogP contribution in [0.5, 0.6) is 0 Å². The first kappa shape index (κ1) is 19.2. The highest BCUT2D eigenvalue weighted by molar-refractivity contribution is 5.90. The minimum atomic E-state index is -0.678. The molecule has 2 fully saturated rings. The minimum absolute atomic E-state index is 0.00628. The van der Waals surface area contributed by atoms with Gasteiger partial charge in [-0.3, -0.25) is 14.3 Å². The van der Waals surface area contributed by atoms with Crippen molar-refractivity contribution in [2.75, 3.05) is 39.4 Å². The van der Waals surface area contributed by atoms with E-state index in [-0.39, 0.29) is 17.6 Å². The fourth-order valence-electron chi connectivity index (χ4n) is 4.50. The Morgan fingerprint density at radius 2 is 1.87 bits per heavy atom. The number of aromatic nitrogens is 5. The molecular weight excluding hydrogens is 390 g/mol. The van der Waals surface area contributed by atoms with Crippen molar-refractivity contribution in [3.63, 3.8) is 0 Å². The zero-order valence-corrected chi connectivity index (χ0v) is 16.9. The summed E-state index contributed by atoms with van der Waals surface area (Å²) >= 11 is 0. The summed E-state index contributed by atoms with van der Waals surface area (Å²) in [7, 11) is 1.73. The number of aryl methyl sites for hydroxylation is 1. The lowest BCUT2D eigenvalue weighted by atomic mass is 9.88. The molecule has 0 aromatic carbocycles. The van der Waals surface area contributed by atoms with Gasteiger partial charge in [-0.1, -0.05) is 0 Å². The monoisotopic (exact) mass is 415 g/mol. The molecule has 3 aliphatic rings. The Morgan fingerprint density at radius 3 is 2.57 bits per heavy atom. The molecule has 30 heavy (non-hydrogen) atoms. The maximum absolute atomic E-state index is 13.1. The van der Waals surface area contributed by atoms with Crippen molar-refractivity contribution in [3.05, 3.63) is 30.4 Å². The summed E-state index contributed by atoms with van der Waals surface area (Å²) in [6.45, 7) is 3.71. The van der Waals surface area contributed by atoms with E-state index in [1.165, 1.54) is 11.0 Å². The lowest BCUT2D eigenvalue weighted by molar-refractivity contribution is -0.182. The zero-order chi connectivity index (χ0) is 20.7. The number of carbonyl (C=O) groups excluding carboxylic acids is 2. The number of carbonyl (C=O) groups is 2. The van der Waals surface area contributed by atoms with Crippen LogP contribution in [0, 0.1) is 0 Å². The molecule has 0 aliphatic carbocycles. The van der Waals surface area contributed by atoms with Gasteiger partial charge in [0.05, 0.1) is 19.8 Å². The highest BCUT2D eigenvalue weighted by Gasteiger charge is 2.48. The van der Waals surface area contributed by atoms with E-state index in [4.69, 9.17) is 9.47 Å². The van der Waals surface area contributed by atoms with Gasteiger partial charge in [-0.2, -0.15) is 0 Å². The number of ether oxygens (including phenoxy) is 2. The van der Waals surface area contributed by atoms with Crippen LogP contribution in [-0.4, -0.2) is 91.4 Å². The molecule has 2 aromatic heterocycles. The van der Waals surface area contributed by atoms with Crippen LogP contribution >= 0.6 is 0 Å². The van der Waals surface area contributed by atoms with Gasteiger partial charge in [0, 0.05) is 58.5 Å². The second kappa shape index (κ2) is 7.47. The van der Waals surface area contributed by atoms with E-state index in [1.807, 2.05) is 15.7 Å². The summed E-state index contributed by atoms with van der Waals surface area (Å²) in [6.07, 6.45) is 5.72. The van der Waals surface area contributed by atoms with E-state index in [0.29, 0.717) is 58.8 Å². The first-order valence-corrected chi connectivity index (χ1v) is 10.3. The Labute approximate surface area is 173 Å². The van der Waals surface area contributed by atoms with Crippen LogP contribution in [0.2, 0.25) is 0 Å². The molecule has 1 spiro atoms. The molecule has 0 radical (unpaired) electrons. The van der Waals surface area contributed by atoms with E-state index in [1.54, 1.807) is 18.1 Å². The summed E-state index contributed by atoms with van der Waals surface area (Å²) in [5, 5.41) is 4.11. The van der Waals surface area contributed by atoms with Gasteiger partial charge in [-0.15, -0.1) is 5.10 Å². The normalized spacial score (nSPS) is 23.4. The molecule has 11 nitrogen and oxygen atoms in total. The fourth-order valence-corrected chi connectivity index (χ4v) is 4.50. The maximum atomic E-state index is 13.1. The molecule has 0 saturated carbocycles. The molecule has 0 N–H and O–H groups in total. The van der Waals surface area contributed by atoms with Gasteiger partial charge in [0.2, 0.25) is 5.82 Å². The average Bonchev–Trinajstić information content (AvgIpc) is 3.43. The average molecular weight is 415 g/mol. The number of likely N-dealkylation sites (tertiary alicyclic amines) is 1. The van der Waals surface area contributed by atoms with E-state index < -0.39 is 11.7 Å². The molecule has 2 saturated heterocycles. The molecule has 2 aromatic rings. The number of nitrogens with zero attached hydrogens (tertiary/aromatic N) is 7. The van der Waals surface area contributed by atoms with Gasteiger partial charge in [0.25, 0.3) is 11.8 Å². The topological polar surface area (TPSA) is 108 Å². The van der Waals surface area contributed by atoms with E-state index >= 15 is 0 Å². The molecule has 11 heteroatoms. The third kappa shape index (κ3) is 3.27. The van der Waals surface area contributed by atoms with Crippen LogP contribution in [0.4, 0.5) is 0 Å². The van der Waals surface area contributed by atoms with E-state index in [9.17, 15) is 9.59 Å². The summed E-state index contributed by atoms with van der Waals surface area (Å²) in [5.41, 5.74) is -0.678. The standard InChI is InChI=1S/C19H25N7O4/c1-23-13-21-15(22-23)17(28)24-5-2-19(3-6-24)18-20-4-7-26(18)12-14(30-19)16(27)25-8-10-29-11-9-25/h4,7,13-14H,2-3,5-6,8-12H2,1H3. The quantitative estimate of drug-likeness (QED) is 0.645. The number of imidazole rings is 1. The van der Waals surface area contributed by atoms with Crippen molar-refractivity contribution < 1.29 is 19.1 Å². The number of piperidine rings is 1. The summed E-state index contributed by atoms with van der Waals surface area (Å²) in [6, 6.07) is 0. The van der Waals surface area contributed by atoms with Gasteiger partial charge in [-0.25, -0.2) is 9.97 Å². The number of rotatable bonds is 2. The highest BCUT2D eigenvalue weighted by atomic mass is 16.5. The lowest BCUT2D eigenvalue weighted by Gasteiger charge is -2.46. The number of fused-ring (bicyclic) bond motifs is 2. The van der Waals surface area contributed by atoms with Crippen LogP contribution in [-0.2, 0) is 33.5 Å². The highest BCUT2D eigenvalue weighted by Crippen LogP contribution is 2.40. The molecule has 1 unspecified atom stereocenters. The lowest BCUT2D eigenvalue weighted by Crippen LogP contribution is -2.56. The van der Waals surface area contributed by atoms with Crippen molar-refractivity contribution in [3.8, 4) is 0 Å². The first-order valence-electron chi connectivity index (χ1n) is 10.3. The van der Waals surface area contributed by atoms with Gasteiger partial charge >= 0.3 is 0 Å². The molecule has 160 valence electrons. The number of hydrogen-bond acceptors (Lipinski definition) is 7. The second-order valence-electron chi connectivity index (χ2n) is 7.98. The van der Waals surface area contributed by atoms with Crippen molar-refractivity contribution in [2.24, 2.45) is 7.05 Å². The van der Waals surface area contributed by atoms with E-state index in [0.717, 1.165) is 5.82 Å². The summed E-state index contributed by atoms with van der Waals surface area (Å²) in [4.78, 5) is 38.0. The van der Waals surface area contributed by atoms with Crippen LogP contribution in [0.25, 0.3) is 0 Å². The Balaban J connectivity index is 1.33. The predicted octanol–water partition coefficient (Wildman–Crippen LogP) is -0.599. The SMILES string of the molecule is Cn1cnc(C(=O)N2CCC3(CC2)OC(C(=O)N2CCOCC2)Cn2ccnc23)n1. The van der Waals surface area contributed by atoms with Crippen LogP contribution in [0.15, 0.2) is 18.7 Å². The Kier molecular flexibility index (Phi) is 4.78. The summed E-state index contributed by atoms with van der Waals surface area (Å²) in [5.74, 6) is 0.829. The van der Waals surface area contributed by atoms with Crippen LogP contribution in [0.3, 0.4) is 0 Å². The Morgan fingerprint density at radius 1 is 1.10 bits per heavy atom. The molecule has 3 aliphatic heterocycles. The predicted molar refractivity (Wildman–Crippen MR) is 102 cm³/mol. The number of morpholine rings is 1.